The number of rotatable bonds is 7. The van der Waals surface area contributed by atoms with Gasteiger partial charge in [0.25, 0.3) is 15.9 Å². The number of benzene rings is 3. The number of sulfonamides is 1. The zero-order chi connectivity index (χ0) is 21.7. The summed E-state index contributed by atoms with van der Waals surface area (Å²) in [6.45, 7) is 3.84. The molecule has 30 heavy (non-hydrogen) atoms. The lowest BCUT2D eigenvalue weighted by atomic mass is 10.2. The van der Waals surface area contributed by atoms with E-state index in [4.69, 9.17) is 4.74 Å². The quantitative estimate of drug-likeness (QED) is 0.577. The maximum absolute atomic E-state index is 13.8. The lowest BCUT2D eigenvalue weighted by Gasteiger charge is -2.12. The van der Waals surface area contributed by atoms with E-state index in [2.05, 4.69) is 10.0 Å². The highest BCUT2D eigenvalue weighted by atomic mass is 32.2. The summed E-state index contributed by atoms with van der Waals surface area (Å²) in [5.74, 6) is -0.504. The first-order valence-electron chi connectivity index (χ1n) is 9.22. The van der Waals surface area contributed by atoms with Crippen molar-refractivity contribution in [3.05, 3.63) is 83.7 Å². The number of aryl methyl sites for hydroxylation is 1. The third-order valence-corrected chi connectivity index (χ3v) is 5.64. The largest absolute Gasteiger partial charge is 0.492 e. The van der Waals surface area contributed by atoms with Crippen LogP contribution in [-0.4, -0.2) is 20.9 Å². The molecule has 0 aliphatic heterocycles. The van der Waals surface area contributed by atoms with Crippen LogP contribution in [0.15, 0.2) is 71.6 Å². The molecule has 0 atom stereocenters. The first kappa shape index (κ1) is 21.3. The van der Waals surface area contributed by atoms with E-state index in [0.717, 1.165) is 6.07 Å². The van der Waals surface area contributed by atoms with Crippen LogP contribution >= 0.6 is 0 Å². The standard InChI is InChI=1S/C22H21FN2O4S/c1-3-29-21-10-5-4-9-20(21)24-22(26)16-7-6-8-17(13-16)25-30(27,28)18-12-11-15(2)19(23)14-18/h4-14,25H,3H2,1-2H3,(H,24,26). The van der Waals surface area contributed by atoms with Gasteiger partial charge in [0, 0.05) is 11.3 Å². The van der Waals surface area contributed by atoms with E-state index in [1.165, 1.54) is 24.3 Å². The lowest BCUT2D eigenvalue weighted by Crippen LogP contribution is -2.15. The average Bonchev–Trinajstić information content (AvgIpc) is 2.71. The van der Waals surface area contributed by atoms with E-state index in [-0.39, 0.29) is 16.1 Å². The molecular weight excluding hydrogens is 407 g/mol. The Hall–Kier alpha value is -3.39. The molecule has 0 saturated carbocycles. The molecule has 0 aliphatic rings. The first-order chi connectivity index (χ1) is 14.3. The van der Waals surface area contributed by atoms with Gasteiger partial charge in [0.05, 0.1) is 17.2 Å². The number of halogens is 1. The summed E-state index contributed by atoms with van der Waals surface area (Å²) in [5.41, 5.74) is 1.28. The van der Waals surface area contributed by atoms with Crippen molar-refractivity contribution in [2.45, 2.75) is 18.7 Å². The molecule has 0 spiro atoms. The monoisotopic (exact) mass is 428 g/mol. The van der Waals surface area contributed by atoms with Gasteiger partial charge in [-0.15, -0.1) is 0 Å². The minimum absolute atomic E-state index is 0.182. The molecule has 0 fully saturated rings. The van der Waals surface area contributed by atoms with Crippen molar-refractivity contribution in [2.75, 3.05) is 16.6 Å². The number of hydrogen-bond acceptors (Lipinski definition) is 4. The van der Waals surface area contributed by atoms with Gasteiger partial charge in [0.15, 0.2) is 0 Å². The summed E-state index contributed by atoms with van der Waals surface area (Å²) in [6.07, 6.45) is 0. The number of ether oxygens (including phenoxy) is 1. The molecule has 3 aromatic rings. The maximum atomic E-state index is 13.8. The van der Waals surface area contributed by atoms with Crippen molar-refractivity contribution in [2.24, 2.45) is 0 Å². The van der Waals surface area contributed by atoms with E-state index in [9.17, 15) is 17.6 Å². The van der Waals surface area contributed by atoms with Gasteiger partial charge < -0.3 is 10.1 Å². The molecule has 0 aromatic heterocycles. The second kappa shape index (κ2) is 8.96. The maximum Gasteiger partial charge on any atom is 0.261 e. The minimum atomic E-state index is -4.01. The Morgan fingerprint density at radius 3 is 2.53 bits per heavy atom. The van der Waals surface area contributed by atoms with Gasteiger partial charge in [-0.05, 0) is 61.9 Å². The van der Waals surface area contributed by atoms with Crippen LogP contribution in [0, 0.1) is 12.7 Å². The number of para-hydroxylation sites is 2. The zero-order valence-electron chi connectivity index (χ0n) is 16.5. The van der Waals surface area contributed by atoms with Crippen molar-refractivity contribution >= 4 is 27.3 Å². The van der Waals surface area contributed by atoms with Gasteiger partial charge in [-0.1, -0.05) is 24.3 Å². The fraction of sp³-hybridized carbons (Fsp3) is 0.136. The van der Waals surface area contributed by atoms with E-state index in [1.54, 1.807) is 43.3 Å². The van der Waals surface area contributed by atoms with Crippen LogP contribution in [0.25, 0.3) is 0 Å². The topological polar surface area (TPSA) is 84.5 Å². The summed E-state index contributed by atoms with van der Waals surface area (Å²) in [5, 5.41) is 2.76. The van der Waals surface area contributed by atoms with Gasteiger partial charge >= 0.3 is 0 Å². The van der Waals surface area contributed by atoms with Crippen molar-refractivity contribution in [1.82, 2.24) is 0 Å². The predicted molar refractivity (Wildman–Crippen MR) is 114 cm³/mol. The number of nitrogens with one attached hydrogen (secondary N) is 2. The van der Waals surface area contributed by atoms with Crippen molar-refractivity contribution < 1.29 is 22.3 Å². The number of hydrogen-bond donors (Lipinski definition) is 2. The molecule has 3 rings (SSSR count). The molecule has 156 valence electrons. The second-order valence-corrected chi connectivity index (χ2v) is 8.16. The predicted octanol–water partition coefficient (Wildman–Crippen LogP) is 4.59. The van der Waals surface area contributed by atoms with Gasteiger partial charge in [0.2, 0.25) is 0 Å². The fourth-order valence-electron chi connectivity index (χ4n) is 2.72. The first-order valence-corrected chi connectivity index (χ1v) is 10.7. The highest BCUT2D eigenvalue weighted by Gasteiger charge is 2.17. The third kappa shape index (κ3) is 4.96. The number of carbonyl (C=O) groups excluding carboxylic acids is 1. The minimum Gasteiger partial charge on any atom is -0.492 e. The van der Waals surface area contributed by atoms with E-state index >= 15 is 0 Å². The third-order valence-electron chi connectivity index (χ3n) is 4.27. The van der Waals surface area contributed by atoms with Crippen LogP contribution in [-0.2, 0) is 10.0 Å². The van der Waals surface area contributed by atoms with Gasteiger partial charge in [-0.2, -0.15) is 0 Å². The normalized spacial score (nSPS) is 11.0. The highest BCUT2D eigenvalue weighted by molar-refractivity contribution is 7.92. The van der Waals surface area contributed by atoms with Crippen molar-refractivity contribution in [3.63, 3.8) is 0 Å². The Bertz CT molecular complexity index is 1180. The van der Waals surface area contributed by atoms with Crippen LogP contribution in [0.5, 0.6) is 5.75 Å². The molecule has 0 saturated heterocycles. The SMILES string of the molecule is CCOc1ccccc1NC(=O)c1cccc(NS(=O)(=O)c2ccc(C)c(F)c2)c1. The van der Waals surface area contributed by atoms with Crippen LogP contribution < -0.4 is 14.8 Å². The summed E-state index contributed by atoms with van der Waals surface area (Å²) >= 11 is 0. The molecule has 6 nitrogen and oxygen atoms in total. The Balaban J connectivity index is 1.80. The Kier molecular flexibility index (Phi) is 6.37. The molecule has 0 aliphatic carbocycles. The summed E-state index contributed by atoms with van der Waals surface area (Å²) in [6, 6.07) is 16.7. The molecule has 2 N–H and O–H groups in total. The molecular formula is C22H21FN2O4S. The molecule has 0 heterocycles. The average molecular weight is 428 g/mol. The Labute approximate surface area is 174 Å². The summed E-state index contributed by atoms with van der Waals surface area (Å²) in [4.78, 5) is 12.4. The number of carbonyl (C=O) groups is 1. The summed E-state index contributed by atoms with van der Waals surface area (Å²) in [7, 11) is -4.01. The smallest absolute Gasteiger partial charge is 0.261 e. The van der Waals surface area contributed by atoms with E-state index in [1.807, 2.05) is 6.92 Å². The van der Waals surface area contributed by atoms with Gasteiger partial charge in [-0.3, -0.25) is 9.52 Å². The Morgan fingerprint density at radius 2 is 1.80 bits per heavy atom. The Morgan fingerprint density at radius 1 is 1.03 bits per heavy atom. The number of amides is 1. The van der Waals surface area contributed by atoms with Gasteiger partial charge in [0.1, 0.15) is 11.6 Å². The van der Waals surface area contributed by atoms with E-state index < -0.39 is 21.7 Å². The molecule has 8 heteroatoms. The molecule has 3 aromatic carbocycles. The van der Waals surface area contributed by atoms with Crippen molar-refractivity contribution in [3.8, 4) is 5.75 Å². The fourth-order valence-corrected chi connectivity index (χ4v) is 3.79. The van der Waals surface area contributed by atoms with Gasteiger partial charge in [-0.25, -0.2) is 12.8 Å². The van der Waals surface area contributed by atoms with E-state index in [0.29, 0.717) is 23.6 Å². The van der Waals surface area contributed by atoms with Crippen LogP contribution in [0.2, 0.25) is 0 Å². The second-order valence-electron chi connectivity index (χ2n) is 6.48. The number of anilines is 2. The lowest BCUT2D eigenvalue weighted by molar-refractivity contribution is 0.102. The van der Waals surface area contributed by atoms with Crippen molar-refractivity contribution in [1.29, 1.82) is 0 Å². The highest BCUT2D eigenvalue weighted by Crippen LogP contribution is 2.25. The molecule has 0 unspecified atom stereocenters. The molecule has 0 radical (unpaired) electrons. The zero-order valence-corrected chi connectivity index (χ0v) is 17.3. The van der Waals surface area contributed by atoms with Crippen LogP contribution in [0.3, 0.4) is 0 Å². The van der Waals surface area contributed by atoms with Crippen LogP contribution in [0.1, 0.15) is 22.8 Å². The van der Waals surface area contributed by atoms with Crippen LogP contribution in [0.4, 0.5) is 15.8 Å². The molecule has 1 amide bonds. The molecule has 0 bridgehead atoms. The summed E-state index contributed by atoms with van der Waals surface area (Å²) < 4.78 is 46.7.